The lowest BCUT2D eigenvalue weighted by atomic mass is 9.97. The first-order chi connectivity index (χ1) is 39.1. The number of ether oxygens (including phenoxy) is 4. The standard InChI is InChI=1S/C66H111NO13/c1-3-5-7-9-11-13-14-15-16-17-18-19-20-21-22-23-24-25-26-27-28-29-30-31-32-33-34-35-36-37-38-39-40-42-44-46-48-50-58(71)67-54(55(70)49-47-45-43-41-12-10-8-6-4-2)53-77-65-63(76)61(74)64(57(52-69)79-65)80-66-62(75)60(73)59(72)56(51-68)78-66/h5,7,11-13,15-16,18-19,21-22,24-25,27-28,41,47,49,54-57,59-66,68-70,72-76H,3-4,6,8-10,14,17,20,23,26,29-40,42-46,48,50-53H2,1-2H3,(H,67,71)/b7-5-,13-11-,16-15-,19-18-,22-21-,25-24-,28-27-,41-12+,49-47+. The summed E-state index contributed by atoms with van der Waals surface area (Å²) in [5.74, 6) is -0.256. The molecule has 2 rings (SSSR count). The van der Waals surface area contributed by atoms with E-state index in [0.717, 1.165) is 83.5 Å². The number of rotatable bonds is 48. The minimum atomic E-state index is -1.79. The van der Waals surface area contributed by atoms with E-state index in [1.165, 1.54) is 89.9 Å². The molecule has 0 radical (unpaired) electrons. The minimum Gasteiger partial charge on any atom is -0.394 e. The van der Waals surface area contributed by atoms with Gasteiger partial charge in [0.1, 0.15) is 48.8 Å². The molecule has 0 spiro atoms. The molecule has 9 N–H and O–H groups in total. The van der Waals surface area contributed by atoms with Crippen molar-refractivity contribution < 1.29 is 64.6 Å². The fourth-order valence-corrected chi connectivity index (χ4v) is 9.46. The van der Waals surface area contributed by atoms with Crippen LogP contribution in [0.3, 0.4) is 0 Å². The van der Waals surface area contributed by atoms with E-state index in [9.17, 15) is 45.6 Å². The third-order valence-electron chi connectivity index (χ3n) is 14.4. The molecule has 14 nitrogen and oxygen atoms in total. The highest BCUT2D eigenvalue weighted by molar-refractivity contribution is 5.76. The molecule has 2 aliphatic heterocycles. The van der Waals surface area contributed by atoms with Gasteiger partial charge in [-0.1, -0.05) is 220 Å². The molecule has 0 aromatic rings. The second-order valence-corrected chi connectivity index (χ2v) is 21.4. The van der Waals surface area contributed by atoms with Crippen LogP contribution in [0.1, 0.15) is 206 Å². The Hall–Kier alpha value is -3.35. The van der Waals surface area contributed by atoms with Gasteiger partial charge in [0.15, 0.2) is 12.6 Å². The lowest BCUT2D eigenvalue weighted by Crippen LogP contribution is -2.65. The van der Waals surface area contributed by atoms with E-state index in [-0.39, 0.29) is 18.9 Å². The summed E-state index contributed by atoms with van der Waals surface area (Å²) in [6, 6.07) is -0.935. The van der Waals surface area contributed by atoms with Gasteiger partial charge in [-0.25, -0.2) is 0 Å². The van der Waals surface area contributed by atoms with Gasteiger partial charge in [0.25, 0.3) is 0 Å². The number of carbonyl (C=O) groups excluding carboxylic acids is 1. The number of amides is 1. The maximum Gasteiger partial charge on any atom is 0.220 e. The Labute approximate surface area is 483 Å². The fraction of sp³-hybridized carbons (Fsp3) is 0.712. The molecule has 14 heteroatoms. The molecule has 0 saturated carbocycles. The molecule has 0 aromatic heterocycles. The summed E-state index contributed by atoms with van der Waals surface area (Å²) in [5.41, 5.74) is 0. The van der Waals surface area contributed by atoms with E-state index >= 15 is 0 Å². The number of hydrogen-bond donors (Lipinski definition) is 9. The first-order valence-electron chi connectivity index (χ1n) is 31.1. The summed E-state index contributed by atoms with van der Waals surface area (Å²) in [5, 5.41) is 86.8. The van der Waals surface area contributed by atoms with Crippen molar-refractivity contribution in [1.82, 2.24) is 5.32 Å². The third-order valence-corrected chi connectivity index (χ3v) is 14.4. The van der Waals surface area contributed by atoms with Gasteiger partial charge in [0, 0.05) is 6.42 Å². The van der Waals surface area contributed by atoms with Crippen LogP contribution in [0.5, 0.6) is 0 Å². The Morgan fingerprint density at radius 2 is 0.875 bits per heavy atom. The average molecular weight is 1130 g/mol. The smallest absolute Gasteiger partial charge is 0.220 e. The molecule has 80 heavy (non-hydrogen) atoms. The second kappa shape index (κ2) is 50.2. The molecule has 12 atom stereocenters. The van der Waals surface area contributed by atoms with Crippen molar-refractivity contribution in [3.8, 4) is 0 Å². The minimum absolute atomic E-state index is 0.256. The van der Waals surface area contributed by atoms with Gasteiger partial charge in [-0.05, 0) is 89.9 Å². The molecule has 2 heterocycles. The van der Waals surface area contributed by atoms with E-state index in [1.54, 1.807) is 6.08 Å². The number of aliphatic hydroxyl groups is 8. The summed E-state index contributed by atoms with van der Waals surface area (Å²) < 4.78 is 22.7. The molecular formula is C66H111NO13. The van der Waals surface area contributed by atoms with Gasteiger partial charge < -0.3 is 65.1 Å². The Balaban J connectivity index is 1.58. The predicted octanol–water partition coefficient (Wildman–Crippen LogP) is 11.2. The maximum atomic E-state index is 13.2. The molecule has 2 fully saturated rings. The molecule has 2 saturated heterocycles. The summed E-state index contributed by atoms with van der Waals surface area (Å²) >= 11 is 0. The van der Waals surface area contributed by atoms with Crippen LogP contribution in [-0.2, 0) is 23.7 Å². The lowest BCUT2D eigenvalue weighted by molar-refractivity contribution is -0.359. The number of allylic oxidation sites excluding steroid dienone is 17. The van der Waals surface area contributed by atoms with Crippen LogP contribution in [0.15, 0.2) is 109 Å². The van der Waals surface area contributed by atoms with Crippen LogP contribution in [0.2, 0.25) is 0 Å². The van der Waals surface area contributed by atoms with Crippen LogP contribution < -0.4 is 5.32 Å². The zero-order valence-corrected chi connectivity index (χ0v) is 49.3. The van der Waals surface area contributed by atoms with E-state index in [0.29, 0.717) is 12.8 Å². The normalized spacial score (nSPS) is 25.0. The molecule has 458 valence electrons. The third kappa shape index (κ3) is 34.9. The summed E-state index contributed by atoms with van der Waals surface area (Å²) in [7, 11) is 0. The van der Waals surface area contributed by atoms with Crippen molar-refractivity contribution in [2.75, 3.05) is 19.8 Å². The predicted molar refractivity (Wildman–Crippen MR) is 322 cm³/mol. The SMILES string of the molecule is CC/C=C\C/C=C\C/C=C\C/C=C\C/C=C\C/C=C\C/C=C\CCCCCCCCCCCCCCCCCC(=O)NC(COC1OC(CO)C(OC2OC(CO)C(O)C(O)C2O)C(O)C1O)C(O)/C=C/CC/C=C/CCCCC. The van der Waals surface area contributed by atoms with Crippen LogP contribution >= 0.6 is 0 Å². The van der Waals surface area contributed by atoms with Gasteiger partial charge in [0.2, 0.25) is 5.91 Å². The van der Waals surface area contributed by atoms with Crippen molar-refractivity contribution in [2.24, 2.45) is 0 Å². The number of unbranched alkanes of at least 4 members (excludes halogenated alkanes) is 19. The Kier molecular flexibility index (Phi) is 45.6. The number of hydrogen-bond acceptors (Lipinski definition) is 13. The number of aliphatic hydroxyl groups excluding tert-OH is 8. The van der Waals surface area contributed by atoms with Gasteiger partial charge >= 0.3 is 0 Å². The zero-order valence-electron chi connectivity index (χ0n) is 49.3. The monoisotopic (exact) mass is 1130 g/mol. The van der Waals surface area contributed by atoms with E-state index in [1.807, 2.05) is 6.08 Å². The topological polar surface area (TPSA) is 228 Å². The summed E-state index contributed by atoms with van der Waals surface area (Å²) in [4.78, 5) is 13.2. The van der Waals surface area contributed by atoms with E-state index in [4.69, 9.17) is 18.9 Å². The highest BCUT2D eigenvalue weighted by Gasteiger charge is 2.51. The van der Waals surface area contributed by atoms with Crippen molar-refractivity contribution in [1.29, 1.82) is 0 Å². The van der Waals surface area contributed by atoms with Gasteiger partial charge in [-0.15, -0.1) is 0 Å². The molecule has 0 bridgehead atoms. The Morgan fingerprint density at radius 3 is 1.38 bits per heavy atom. The van der Waals surface area contributed by atoms with Gasteiger partial charge in [0.05, 0.1) is 32.0 Å². The first-order valence-corrected chi connectivity index (χ1v) is 31.1. The first kappa shape index (κ1) is 72.8. The maximum absolute atomic E-state index is 13.2. The molecule has 0 aliphatic carbocycles. The van der Waals surface area contributed by atoms with Crippen molar-refractivity contribution in [2.45, 2.75) is 280 Å². The molecule has 0 aromatic carbocycles. The highest BCUT2D eigenvalue weighted by atomic mass is 16.7. The summed E-state index contributed by atoms with van der Waals surface area (Å²) in [6.45, 7) is 2.58. The van der Waals surface area contributed by atoms with Gasteiger partial charge in [-0.2, -0.15) is 0 Å². The fourth-order valence-electron chi connectivity index (χ4n) is 9.46. The Morgan fingerprint density at radius 1 is 0.463 bits per heavy atom. The van der Waals surface area contributed by atoms with Crippen molar-refractivity contribution in [3.63, 3.8) is 0 Å². The largest absolute Gasteiger partial charge is 0.394 e. The number of carbonyl (C=O) groups is 1. The van der Waals surface area contributed by atoms with Crippen LogP contribution in [0, 0.1) is 0 Å². The highest BCUT2D eigenvalue weighted by Crippen LogP contribution is 2.30. The van der Waals surface area contributed by atoms with E-state index < -0.39 is 86.8 Å². The Bertz CT molecular complexity index is 1760. The zero-order chi connectivity index (χ0) is 58.1. The number of nitrogens with one attached hydrogen (secondary N) is 1. The van der Waals surface area contributed by atoms with Crippen molar-refractivity contribution in [3.05, 3.63) is 109 Å². The molecule has 1 amide bonds. The average Bonchev–Trinajstić information content (AvgIpc) is 3.49. The van der Waals surface area contributed by atoms with Crippen molar-refractivity contribution >= 4 is 5.91 Å². The molecule has 12 unspecified atom stereocenters. The second-order valence-electron chi connectivity index (χ2n) is 21.4. The molecular weight excluding hydrogens is 1010 g/mol. The van der Waals surface area contributed by atoms with E-state index in [2.05, 4.69) is 116 Å². The van der Waals surface area contributed by atoms with Gasteiger partial charge in [-0.3, -0.25) is 4.79 Å². The van der Waals surface area contributed by atoms with Crippen LogP contribution in [0.25, 0.3) is 0 Å². The lowest BCUT2D eigenvalue weighted by Gasteiger charge is -2.46. The van der Waals surface area contributed by atoms with Crippen LogP contribution in [0.4, 0.5) is 0 Å². The van der Waals surface area contributed by atoms with Crippen LogP contribution in [-0.4, -0.2) is 140 Å². The quantitative estimate of drug-likeness (QED) is 0.0204. The summed E-state index contributed by atoms with van der Waals surface area (Å²) in [6.07, 6.45) is 54.6. The molecule has 2 aliphatic rings.